The number of benzene rings is 1. The number of nitro benzene ring substituents is 1. The lowest BCUT2D eigenvalue weighted by Gasteiger charge is -2.31. The molecule has 1 heterocycles. The van der Waals surface area contributed by atoms with Crippen molar-refractivity contribution in [1.82, 2.24) is 5.32 Å². The third-order valence-electron chi connectivity index (χ3n) is 3.58. The van der Waals surface area contributed by atoms with Gasteiger partial charge in [0, 0.05) is 23.7 Å². The summed E-state index contributed by atoms with van der Waals surface area (Å²) in [6, 6.07) is 4.42. The first-order valence-electron chi connectivity index (χ1n) is 6.57. The molecule has 1 fully saturated rings. The number of primary amides is 1. The summed E-state index contributed by atoms with van der Waals surface area (Å²) < 4.78 is 0. The number of nitrogens with one attached hydrogen (secondary N) is 2. The van der Waals surface area contributed by atoms with Gasteiger partial charge >= 0.3 is 0 Å². The normalized spacial score (nSPS) is 22.2. The molecule has 1 aliphatic rings. The number of hydrogen-bond acceptors (Lipinski definition) is 5. The summed E-state index contributed by atoms with van der Waals surface area (Å²) in [5, 5.41) is 17.5. The van der Waals surface area contributed by atoms with Crippen molar-refractivity contribution < 1.29 is 9.72 Å². The summed E-state index contributed by atoms with van der Waals surface area (Å²) in [6.07, 6.45) is 1.93. The zero-order chi connectivity index (χ0) is 14.7. The van der Waals surface area contributed by atoms with Gasteiger partial charge in [-0.2, -0.15) is 0 Å². The van der Waals surface area contributed by atoms with E-state index in [0.717, 1.165) is 19.4 Å². The molecule has 0 saturated carbocycles. The Labute approximate surface area is 116 Å². The van der Waals surface area contributed by atoms with E-state index < -0.39 is 10.8 Å². The molecule has 0 aliphatic carbocycles. The van der Waals surface area contributed by atoms with Crippen LogP contribution in [-0.2, 0) is 0 Å². The predicted octanol–water partition coefficient (Wildman–Crippen LogP) is 1.25. The summed E-state index contributed by atoms with van der Waals surface area (Å²) >= 11 is 0. The second kappa shape index (κ2) is 5.87. The number of hydrogen-bond donors (Lipinski definition) is 3. The standard InChI is InChI=1S/C13H18N4O3/c1-8-10(3-2-6-15-8)16-11-7-9(13(14)18)4-5-12(11)17(19)20/h4-5,7-8,10,15-16H,2-3,6H2,1H3,(H2,14,18). The van der Waals surface area contributed by atoms with Gasteiger partial charge in [0.1, 0.15) is 5.69 Å². The van der Waals surface area contributed by atoms with E-state index in [9.17, 15) is 14.9 Å². The molecule has 4 N–H and O–H groups in total. The van der Waals surface area contributed by atoms with Crippen LogP contribution in [0.4, 0.5) is 11.4 Å². The Morgan fingerprint density at radius 1 is 1.55 bits per heavy atom. The first-order valence-corrected chi connectivity index (χ1v) is 6.57. The van der Waals surface area contributed by atoms with Crippen molar-refractivity contribution in [2.45, 2.75) is 31.8 Å². The second-order valence-corrected chi connectivity index (χ2v) is 4.99. The molecule has 7 nitrogen and oxygen atoms in total. The van der Waals surface area contributed by atoms with Crippen LogP contribution in [0.1, 0.15) is 30.1 Å². The molecule has 0 radical (unpaired) electrons. The van der Waals surface area contributed by atoms with E-state index in [1.807, 2.05) is 6.92 Å². The van der Waals surface area contributed by atoms with Crippen molar-refractivity contribution in [3.05, 3.63) is 33.9 Å². The zero-order valence-electron chi connectivity index (χ0n) is 11.3. The fourth-order valence-electron chi connectivity index (χ4n) is 2.40. The van der Waals surface area contributed by atoms with Gasteiger partial charge in [-0.3, -0.25) is 14.9 Å². The zero-order valence-corrected chi connectivity index (χ0v) is 11.3. The fraction of sp³-hybridized carbons (Fsp3) is 0.462. The van der Waals surface area contributed by atoms with Gasteiger partial charge in [0.15, 0.2) is 0 Å². The van der Waals surface area contributed by atoms with Crippen molar-refractivity contribution in [3.8, 4) is 0 Å². The first kappa shape index (κ1) is 14.3. The maximum absolute atomic E-state index is 11.2. The molecule has 108 valence electrons. The van der Waals surface area contributed by atoms with Crippen molar-refractivity contribution in [1.29, 1.82) is 0 Å². The van der Waals surface area contributed by atoms with Crippen LogP contribution in [0.3, 0.4) is 0 Å². The lowest BCUT2D eigenvalue weighted by atomic mass is 9.99. The summed E-state index contributed by atoms with van der Waals surface area (Å²) in [6.45, 7) is 2.98. The number of nitro groups is 1. The van der Waals surface area contributed by atoms with E-state index >= 15 is 0 Å². The average Bonchev–Trinajstić information content (AvgIpc) is 2.41. The summed E-state index contributed by atoms with van der Waals surface area (Å²) in [5.41, 5.74) is 5.77. The minimum Gasteiger partial charge on any atom is -0.375 e. The molecule has 1 aromatic carbocycles. The van der Waals surface area contributed by atoms with Crippen LogP contribution in [0.5, 0.6) is 0 Å². The van der Waals surface area contributed by atoms with Crippen LogP contribution in [0.2, 0.25) is 0 Å². The summed E-state index contributed by atoms with van der Waals surface area (Å²) in [5.74, 6) is -0.599. The smallest absolute Gasteiger partial charge is 0.292 e. The molecule has 1 amide bonds. The molecule has 2 rings (SSSR count). The van der Waals surface area contributed by atoms with Crippen LogP contribution < -0.4 is 16.4 Å². The van der Waals surface area contributed by atoms with Gasteiger partial charge in [0.05, 0.1) is 4.92 Å². The van der Waals surface area contributed by atoms with Gasteiger partial charge in [-0.25, -0.2) is 0 Å². The Balaban J connectivity index is 2.29. The fourth-order valence-corrected chi connectivity index (χ4v) is 2.40. The predicted molar refractivity (Wildman–Crippen MR) is 75.7 cm³/mol. The summed E-state index contributed by atoms with van der Waals surface area (Å²) in [7, 11) is 0. The van der Waals surface area contributed by atoms with Gasteiger partial charge in [-0.15, -0.1) is 0 Å². The molecule has 2 unspecified atom stereocenters. The molecule has 2 atom stereocenters. The molecular weight excluding hydrogens is 260 g/mol. The average molecular weight is 278 g/mol. The van der Waals surface area contributed by atoms with E-state index in [-0.39, 0.29) is 23.3 Å². The Bertz CT molecular complexity index is 532. The molecule has 0 bridgehead atoms. The Hall–Kier alpha value is -2.15. The van der Waals surface area contributed by atoms with Crippen molar-refractivity contribution in [3.63, 3.8) is 0 Å². The van der Waals surface area contributed by atoms with Crippen LogP contribution in [0.15, 0.2) is 18.2 Å². The van der Waals surface area contributed by atoms with E-state index in [4.69, 9.17) is 5.73 Å². The van der Waals surface area contributed by atoms with Crippen LogP contribution in [0.25, 0.3) is 0 Å². The number of carbonyl (C=O) groups excluding carboxylic acids is 1. The van der Waals surface area contributed by atoms with Gasteiger partial charge in [0.2, 0.25) is 5.91 Å². The van der Waals surface area contributed by atoms with Crippen molar-refractivity contribution in [2.24, 2.45) is 5.73 Å². The number of amides is 1. The highest BCUT2D eigenvalue weighted by Crippen LogP contribution is 2.27. The SMILES string of the molecule is CC1NCCCC1Nc1cc(C(N)=O)ccc1[N+](=O)[O-]. The van der Waals surface area contributed by atoms with Crippen molar-refractivity contribution in [2.75, 3.05) is 11.9 Å². The quantitative estimate of drug-likeness (QED) is 0.567. The highest BCUT2D eigenvalue weighted by molar-refractivity contribution is 5.94. The van der Waals surface area contributed by atoms with Crippen molar-refractivity contribution >= 4 is 17.3 Å². The number of anilines is 1. The highest BCUT2D eigenvalue weighted by atomic mass is 16.6. The number of carbonyl (C=O) groups is 1. The molecule has 1 aliphatic heterocycles. The Morgan fingerprint density at radius 3 is 2.90 bits per heavy atom. The monoisotopic (exact) mass is 278 g/mol. The van der Waals surface area contributed by atoms with Crippen LogP contribution in [-0.4, -0.2) is 29.5 Å². The van der Waals surface area contributed by atoms with Crippen LogP contribution >= 0.6 is 0 Å². The molecule has 7 heteroatoms. The van der Waals surface area contributed by atoms with Gasteiger partial charge < -0.3 is 16.4 Å². The number of piperidine rings is 1. The second-order valence-electron chi connectivity index (χ2n) is 4.99. The Kier molecular flexibility index (Phi) is 4.19. The number of nitrogens with zero attached hydrogens (tertiary/aromatic N) is 1. The summed E-state index contributed by atoms with van der Waals surface area (Å²) in [4.78, 5) is 21.8. The molecule has 0 spiro atoms. The number of nitrogens with two attached hydrogens (primary N) is 1. The van der Waals surface area contributed by atoms with Gasteiger partial charge in [-0.05, 0) is 38.4 Å². The third-order valence-corrected chi connectivity index (χ3v) is 3.58. The van der Waals surface area contributed by atoms with Crippen LogP contribution in [0, 0.1) is 10.1 Å². The molecule has 20 heavy (non-hydrogen) atoms. The topological polar surface area (TPSA) is 110 Å². The maximum Gasteiger partial charge on any atom is 0.292 e. The van der Waals surface area contributed by atoms with E-state index in [1.165, 1.54) is 18.2 Å². The molecule has 0 aromatic heterocycles. The Morgan fingerprint density at radius 2 is 2.30 bits per heavy atom. The number of rotatable bonds is 4. The van der Waals surface area contributed by atoms with Gasteiger partial charge in [-0.1, -0.05) is 0 Å². The van der Waals surface area contributed by atoms with E-state index in [2.05, 4.69) is 10.6 Å². The lowest BCUT2D eigenvalue weighted by molar-refractivity contribution is -0.384. The van der Waals surface area contributed by atoms with Gasteiger partial charge in [0.25, 0.3) is 5.69 Å². The minimum absolute atomic E-state index is 0.0484. The lowest BCUT2D eigenvalue weighted by Crippen LogP contribution is -2.46. The highest BCUT2D eigenvalue weighted by Gasteiger charge is 2.24. The first-order chi connectivity index (χ1) is 9.49. The maximum atomic E-state index is 11.2. The van der Waals surface area contributed by atoms with E-state index in [0.29, 0.717) is 5.69 Å². The largest absolute Gasteiger partial charge is 0.375 e. The third kappa shape index (κ3) is 3.05. The molecule has 1 aromatic rings. The minimum atomic E-state index is -0.599. The molecular formula is C13H18N4O3. The molecule has 1 saturated heterocycles. The van der Waals surface area contributed by atoms with E-state index in [1.54, 1.807) is 0 Å².